The molecule has 2 aromatic rings. The molecule has 1 atom stereocenters. The Kier molecular flexibility index (Phi) is 6.71. The molecule has 2 fully saturated rings. The first-order chi connectivity index (χ1) is 17.0. The van der Waals surface area contributed by atoms with Crippen LogP contribution in [-0.2, 0) is 19.1 Å². The number of fused-ring (bicyclic) bond motifs is 3. The van der Waals surface area contributed by atoms with Crippen molar-refractivity contribution in [2.24, 2.45) is 5.41 Å². The SMILES string of the molecule is O=C(NCC1(C(=O)N2CSCC2C(=O)O)CCOCC1)OCC1c2ccccc2-c2ccccc21. The average molecular weight is 497 g/mol. The van der Waals surface area contributed by atoms with Crippen molar-refractivity contribution >= 4 is 29.7 Å². The summed E-state index contributed by atoms with van der Waals surface area (Å²) in [6.45, 7) is 1.04. The second-order valence-electron chi connectivity index (χ2n) is 9.20. The summed E-state index contributed by atoms with van der Waals surface area (Å²) < 4.78 is 11.1. The molecule has 2 amide bonds. The molecule has 8 nitrogen and oxygen atoms in total. The van der Waals surface area contributed by atoms with Gasteiger partial charge in [-0.2, -0.15) is 0 Å². The second kappa shape index (κ2) is 9.91. The Balaban J connectivity index is 1.25. The number of carboxylic acid groups (broad SMARTS) is 1. The van der Waals surface area contributed by atoms with E-state index in [1.807, 2.05) is 24.3 Å². The Hall–Kier alpha value is -3.04. The van der Waals surface area contributed by atoms with Crippen molar-refractivity contribution in [3.8, 4) is 11.1 Å². The Bertz CT molecular complexity index is 1090. The summed E-state index contributed by atoms with van der Waals surface area (Å²) in [5.41, 5.74) is 3.66. The van der Waals surface area contributed by atoms with E-state index in [1.165, 1.54) is 16.7 Å². The molecule has 0 saturated carbocycles. The maximum absolute atomic E-state index is 13.5. The van der Waals surface area contributed by atoms with Crippen molar-refractivity contribution in [3.05, 3.63) is 59.7 Å². The van der Waals surface area contributed by atoms with Gasteiger partial charge in [0.15, 0.2) is 0 Å². The minimum Gasteiger partial charge on any atom is -0.480 e. The van der Waals surface area contributed by atoms with Crippen LogP contribution < -0.4 is 5.32 Å². The van der Waals surface area contributed by atoms with Crippen LogP contribution in [0.15, 0.2) is 48.5 Å². The highest BCUT2D eigenvalue weighted by atomic mass is 32.2. The molecule has 1 aliphatic carbocycles. The molecule has 0 radical (unpaired) electrons. The van der Waals surface area contributed by atoms with E-state index in [-0.39, 0.29) is 25.0 Å². The van der Waals surface area contributed by atoms with Gasteiger partial charge in [0.05, 0.1) is 11.3 Å². The number of ether oxygens (including phenoxy) is 2. The van der Waals surface area contributed by atoms with E-state index < -0.39 is 23.5 Å². The van der Waals surface area contributed by atoms with Crippen LogP contribution in [0, 0.1) is 5.41 Å². The molecule has 1 unspecified atom stereocenters. The summed E-state index contributed by atoms with van der Waals surface area (Å²) in [5, 5.41) is 12.3. The third-order valence-electron chi connectivity index (χ3n) is 7.25. The summed E-state index contributed by atoms with van der Waals surface area (Å²) in [6.07, 6.45) is 0.252. The number of hydrogen-bond acceptors (Lipinski definition) is 6. The van der Waals surface area contributed by atoms with Gasteiger partial charge in [0.2, 0.25) is 5.91 Å². The number of nitrogens with zero attached hydrogens (tertiary/aromatic N) is 1. The fourth-order valence-electron chi connectivity index (χ4n) is 5.27. The van der Waals surface area contributed by atoms with Crippen LogP contribution in [0.4, 0.5) is 4.79 Å². The number of nitrogens with one attached hydrogen (secondary N) is 1. The maximum atomic E-state index is 13.5. The topological polar surface area (TPSA) is 105 Å². The Morgan fingerprint density at radius 1 is 1.06 bits per heavy atom. The van der Waals surface area contributed by atoms with Gasteiger partial charge in [-0.05, 0) is 35.1 Å². The van der Waals surface area contributed by atoms with Gasteiger partial charge in [-0.1, -0.05) is 48.5 Å². The van der Waals surface area contributed by atoms with Crippen molar-refractivity contribution < 1.29 is 29.0 Å². The third kappa shape index (κ3) is 4.50. The van der Waals surface area contributed by atoms with Gasteiger partial charge in [-0.3, -0.25) is 4.79 Å². The molecule has 2 aliphatic heterocycles. The van der Waals surface area contributed by atoms with E-state index in [4.69, 9.17) is 9.47 Å². The van der Waals surface area contributed by atoms with Gasteiger partial charge < -0.3 is 24.8 Å². The van der Waals surface area contributed by atoms with Gasteiger partial charge in [-0.15, -0.1) is 11.8 Å². The third-order valence-corrected chi connectivity index (χ3v) is 8.26. The quantitative estimate of drug-likeness (QED) is 0.632. The lowest BCUT2D eigenvalue weighted by atomic mass is 9.78. The number of hydrogen-bond donors (Lipinski definition) is 2. The summed E-state index contributed by atoms with van der Waals surface area (Å²) in [5.74, 6) is -0.589. The van der Waals surface area contributed by atoms with Crippen molar-refractivity contribution in [1.82, 2.24) is 10.2 Å². The first kappa shape index (κ1) is 23.7. The van der Waals surface area contributed by atoms with Crippen LogP contribution in [0.25, 0.3) is 11.1 Å². The van der Waals surface area contributed by atoms with Crippen molar-refractivity contribution in [2.45, 2.75) is 24.8 Å². The van der Waals surface area contributed by atoms with Crippen LogP contribution in [0.5, 0.6) is 0 Å². The first-order valence-corrected chi connectivity index (χ1v) is 12.9. The number of carbonyl (C=O) groups is 3. The largest absolute Gasteiger partial charge is 0.480 e. The Labute approximate surface area is 208 Å². The number of rotatable bonds is 6. The highest BCUT2D eigenvalue weighted by Gasteiger charge is 2.47. The van der Waals surface area contributed by atoms with E-state index >= 15 is 0 Å². The molecule has 3 aliphatic rings. The van der Waals surface area contributed by atoms with Crippen LogP contribution in [0.3, 0.4) is 0 Å². The molecule has 184 valence electrons. The van der Waals surface area contributed by atoms with Crippen molar-refractivity contribution in [3.63, 3.8) is 0 Å². The number of aliphatic carboxylic acids is 1. The summed E-state index contributed by atoms with van der Waals surface area (Å²) in [4.78, 5) is 39.3. The van der Waals surface area contributed by atoms with E-state index in [0.29, 0.717) is 37.7 Å². The number of benzene rings is 2. The van der Waals surface area contributed by atoms with Crippen molar-refractivity contribution in [2.75, 3.05) is 38.0 Å². The fourth-order valence-corrected chi connectivity index (χ4v) is 6.42. The summed E-state index contributed by atoms with van der Waals surface area (Å²) >= 11 is 1.43. The zero-order valence-electron chi connectivity index (χ0n) is 19.3. The molecule has 2 saturated heterocycles. The minimum atomic E-state index is -1.00. The molecule has 0 spiro atoms. The van der Waals surface area contributed by atoms with Crippen molar-refractivity contribution in [1.29, 1.82) is 0 Å². The molecule has 5 rings (SSSR count). The normalized spacial score (nSPS) is 20.7. The van der Waals surface area contributed by atoms with E-state index in [1.54, 1.807) is 0 Å². The number of carbonyl (C=O) groups excluding carboxylic acids is 2. The minimum absolute atomic E-state index is 0.0511. The zero-order chi connectivity index (χ0) is 24.4. The zero-order valence-corrected chi connectivity index (χ0v) is 20.1. The molecule has 2 N–H and O–H groups in total. The van der Waals surface area contributed by atoms with Crippen LogP contribution in [0.1, 0.15) is 29.9 Å². The lowest BCUT2D eigenvalue weighted by Gasteiger charge is -2.39. The number of alkyl carbamates (subject to hydrolysis) is 1. The maximum Gasteiger partial charge on any atom is 0.407 e. The molecule has 35 heavy (non-hydrogen) atoms. The molecule has 2 heterocycles. The summed E-state index contributed by atoms with van der Waals surface area (Å²) in [7, 11) is 0. The Morgan fingerprint density at radius 3 is 2.31 bits per heavy atom. The smallest absolute Gasteiger partial charge is 0.407 e. The predicted molar refractivity (Wildman–Crippen MR) is 131 cm³/mol. The molecular weight excluding hydrogens is 468 g/mol. The van der Waals surface area contributed by atoms with Gasteiger partial charge in [0.1, 0.15) is 12.6 Å². The van der Waals surface area contributed by atoms with E-state index in [2.05, 4.69) is 29.6 Å². The number of amides is 2. The lowest BCUT2D eigenvalue weighted by molar-refractivity contribution is -0.155. The van der Waals surface area contributed by atoms with Gasteiger partial charge in [0, 0.05) is 31.4 Å². The standard InChI is InChI=1S/C26H28N2O6S/c29-23(30)22-14-35-16-28(22)24(31)26(9-11-33-12-10-26)15-27-25(32)34-13-21-19-7-3-1-5-17(19)18-6-2-4-8-20(18)21/h1-8,21-22H,9-16H2,(H,27,32)(H,29,30). The number of carboxylic acids is 1. The van der Waals surface area contributed by atoms with E-state index in [0.717, 1.165) is 22.3 Å². The van der Waals surface area contributed by atoms with E-state index in [9.17, 15) is 19.5 Å². The lowest BCUT2D eigenvalue weighted by Crippen LogP contribution is -2.55. The Morgan fingerprint density at radius 2 is 1.69 bits per heavy atom. The van der Waals surface area contributed by atoms with Crippen LogP contribution in [0.2, 0.25) is 0 Å². The number of thioether (sulfide) groups is 1. The molecule has 9 heteroatoms. The van der Waals surface area contributed by atoms with Gasteiger partial charge in [-0.25, -0.2) is 9.59 Å². The fraction of sp³-hybridized carbons (Fsp3) is 0.423. The predicted octanol–water partition coefficient (Wildman–Crippen LogP) is 3.31. The monoisotopic (exact) mass is 496 g/mol. The molecule has 0 aromatic heterocycles. The van der Waals surface area contributed by atoms with Crippen LogP contribution >= 0.6 is 11.8 Å². The summed E-state index contributed by atoms with van der Waals surface area (Å²) in [6, 6.07) is 15.4. The second-order valence-corrected chi connectivity index (χ2v) is 10.2. The van der Waals surface area contributed by atoms with Gasteiger partial charge >= 0.3 is 12.1 Å². The highest BCUT2D eigenvalue weighted by molar-refractivity contribution is 7.99. The first-order valence-electron chi connectivity index (χ1n) is 11.8. The average Bonchev–Trinajstić information content (AvgIpc) is 3.50. The molecule has 0 bridgehead atoms. The molecular formula is C26H28N2O6S. The van der Waals surface area contributed by atoms with Gasteiger partial charge in [0.25, 0.3) is 0 Å². The van der Waals surface area contributed by atoms with Crippen LogP contribution in [-0.4, -0.2) is 72.0 Å². The molecule has 2 aromatic carbocycles. The highest BCUT2D eigenvalue weighted by Crippen LogP contribution is 2.44.